The second-order valence-corrected chi connectivity index (χ2v) is 5.16. The van der Waals surface area contributed by atoms with Gasteiger partial charge in [0, 0.05) is 19.1 Å². The van der Waals surface area contributed by atoms with Crippen LogP contribution < -0.4 is 0 Å². The van der Waals surface area contributed by atoms with E-state index in [1.807, 2.05) is 0 Å². The molecule has 0 radical (unpaired) electrons. The lowest BCUT2D eigenvalue weighted by Crippen LogP contribution is -2.47. The van der Waals surface area contributed by atoms with Crippen molar-refractivity contribution in [1.29, 1.82) is 0 Å². The van der Waals surface area contributed by atoms with E-state index in [1.165, 1.54) is 25.0 Å². The molecule has 1 aliphatic heterocycles. The molecule has 98 valence electrons. The van der Waals surface area contributed by atoms with Gasteiger partial charge in [0.25, 0.3) is 0 Å². The van der Waals surface area contributed by atoms with Gasteiger partial charge in [0.05, 0.1) is 12.7 Å². The number of benzene rings is 1. The first-order valence-electron chi connectivity index (χ1n) is 6.57. The number of hydrogen-bond donors (Lipinski definition) is 1. The van der Waals surface area contributed by atoms with Crippen molar-refractivity contribution in [3.63, 3.8) is 0 Å². The van der Waals surface area contributed by atoms with Crippen LogP contribution in [0, 0.1) is 5.82 Å². The molecule has 2 unspecified atom stereocenters. The van der Waals surface area contributed by atoms with Crippen LogP contribution in [0.5, 0.6) is 5.75 Å². The molecule has 0 aromatic heterocycles. The number of morpholine rings is 1. The Labute approximate surface area is 106 Å². The fourth-order valence-corrected chi connectivity index (χ4v) is 3.09. The first-order valence-corrected chi connectivity index (χ1v) is 6.57. The first-order chi connectivity index (χ1) is 8.74. The minimum absolute atomic E-state index is 0.278. The fourth-order valence-electron chi connectivity index (χ4n) is 3.09. The predicted molar refractivity (Wildman–Crippen MR) is 65.9 cm³/mol. The van der Waals surface area contributed by atoms with E-state index in [0.29, 0.717) is 12.1 Å². The average molecular weight is 251 g/mol. The molecular formula is C14H18FNO2. The molecule has 3 rings (SSSR count). The zero-order valence-corrected chi connectivity index (χ0v) is 10.3. The standard InChI is InChI=1S/C14H18FNO2/c15-11-8-10(4-5-13(11)17)9-16-6-7-18-14-3-1-2-12(14)16/h4-5,8,12,14,17H,1-3,6-7,9H2. The van der Waals surface area contributed by atoms with Gasteiger partial charge in [0.1, 0.15) is 0 Å². The normalized spacial score (nSPS) is 28.3. The number of rotatable bonds is 2. The van der Waals surface area contributed by atoms with Crippen LogP contribution in [0.4, 0.5) is 4.39 Å². The average Bonchev–Trinajstić information content (AvgIpc) is 2.83. The van der Waals surface area contributed by atoms with Crippen molar-refractivity contribution in [2.45, 2.75) is 38.0 Å². The molecule has 1 saturated heterocycles. The zero-order chi connectivity index (χ0) is 12.5. The van der Waals surface area contributed by atoms with Gasteiger partial charge < -0.3 is 9.84 Å². The molecule has 2 fully saturated rings. The van der Waals surface area contributed by atoms with Gasteiger partial charge in [-0.2, -0.15) is 0 Å². The Hall–Kier alpha value is -1.13. The smallest absolute Gasteiger partial charge is 0.165 e. The number of nitrogens with zero attached hydrogens (tertiary/aromatic N) is 1. The highest BCUT2D eigenvalue weighted by atomic mass is 19.1. The van der Waals surface area contributed by atoms with Crippen molar-refractivity contribution in [1.82, 2.24) is 4.90 Å². The second kappa shape index (κ2) is 4.86. The van der Waals surface area contributed by atoms with Gasteiger partial charge in [-0.05, 0) is 37.0 Å². The minimum Gasteiger partial charge on any atom is -0.505 e. The SMILES string of the molecule is Oc1ccc(CN2CCOC3CCCC32)cc1F. The van der Waals surface area contributed by atoms with Crippen LogP contribution in [-0.4, -0.2) is 35.3 Å². The molecule has 1 aromatic carbocycles. The third-order valence-corrected chi connectivity index (χ3v) is 3.99. The summed E-state index contributed by atoms with van der Waals surface area (Å²) in [4.78, 5) is 2.38. The van der Waals surface area contributed by atoms with Crippen molar-refractivity contribution in [3.8, 4) is 5.75 Å². The maximum Gasteiger partial charge on any atom is 0.165 e. The third kappa shape index (κ3) is 2.22. The van der Waals surface area contributed by atoms with E-state index in [1.54, 1.807) is 6.07 Å². The maximum atomic E-state index is 13.3. The quantitative estimate of drug-likeness (QED) is 0.875. The molecule has 0 amide bonds. The van der Waals surface area contributed by atoms with Crippen molar-refractivity contribution >= 4 is 0 Å². The number of phenolic OH excluding ortho intramolecular Hbond substituents is 1. The van der Waals surface area contributed by atoms with Crippen LogP contribution in [-0.2, 0) is 11.3 Å². The van der Waals surface area contributed by atoms with Crippen LogP contribution in [0.2, 0.25) is 0 Å². The van der Waals surface area contributed by atoms with Crippen LogP contribution in [0.25, 0.3) is 0 Å². The molecule has 1 N–H and O–H groups in total. The highest BCUT2D eigenvalue weighted by Crippen LogP contribution is 2.31. The lowest BCUT2D eigenvalue weighted by molar-refractivity contribution is -0.0588. The summed E-state index contributed by atoms with van der Waals surface area (Å²) in [6.07, 6.45) is 3.90. The van der Waals surface area contributed by atoms with Gasteiger partial charge in [-0.1, -0.05) is 6.07 Å². The molecule has 1 heterocycles. The van der Waals surface area contributed by atoms with E-state index in [2.05, 4.69) is 4.90 Å². The zero-order valence-electron chi connectivity index (χ0n) is 10.3. The van der Waals surface area contributed by atoms with Crippen LogP contribution >= 0.6 is 0 Å². The summed E-state index contributed by atoms with van der Waals surface area (Å²) in [5.41, 5.74) is 0.915. The molecular weight excluding hydrogens is 233 g/mol. The van der Waals surface area contributed by atoms with Crippen LogP contribution in [0.1, 0.15) is 24.8 Å². The lowest BCUT2D eigenvalue weighted by Gasteiger charge is -2.37. The van der Waals surface area contributed by atoms with Crippen LogP contribution in [0.3, 0.4) is 0 Å². The second-order valence-electron chi connectivity index (χ2n) is 5.16. The van der Waals surface area contributed by atoms with Crippen molar-refractivity contribution in [2.75, 3.05) is 13.2 Å². The first kappa shape index (κ1) is 11.9. The number of hydrogen-bond acceptors (Lipinski definition) is 3. The van der Waals surface area contributed by atoms with Gasteiger partial charge in [-0.15, -0.1) is 0 Å². The number of fused-ring (bicyclic) bond motifs is 1. The van der Waals surface area contributed by atoms with E-state index in [-0.39, 0.29) is 5.75 Å². The Morgan fingerprint density at radius 3 is 3.11 bits per heavy atom. The summed E-state index contributed by atoms with van der Waals surface area (Å²) >= 11 is 0. The molecule has 2 atom stereocenters. The number of phenols is 1. The van der Waals surface area contributed by atoms with Crippen LogP contribution in [0.15, 0.2) is 18.2 Å². The monoisotopic (exact) mass is 251 g/mol. The van der Waals surface area contributed by atoms with E-state index >= 15 is 0 Å². The van der Waals surface area contributed by atoms with Crippen molar-refractivity contribution < 1.29 is 14.2 Å². The molecule has 0 spiro atoms. The van der Waals surface area contributed by atoms with Gasteiger partial charge in [0.15, 0.2) is 11.6 Å². The summed E-state index contributed by atoms with van der Waals surface area (Å²) in [5, 5.41) is 9.19. The molecule has 4 heteroatoms. The number of ether oxygens (including phenoxy) is 1. The molecule has 1 aliphatic carbocycles. The van der Waals surface area contributed by atoms with E-state index < -0.39 is 5.82 Å². The number of aromatic hydroxyl groups is 1. The minimum atomic E-state index is -0.538. The topological polar surface area (TPSA) is 32.7 Å². The summed E-state index contributed by atoms with van der Waals surface area (Å²) in [6, 6.07) is 5.12. The van der Waals surface area contributed by atoms with Gasteiger partial charge in [0.2, 0.25) is 0 Å². The highest BCUT2D eigenvalue weighted by Gasteiger charge is 2.35. The Kier molecular flexibility index (Phi) is 3.22. The van der Waals surface area contributed by atoms with E-state index in [9.17, 15) is 9.50 Å². The largest absolute Gasteiger partial charge is 0.505 e. The molecule has 2 aliphatic rings. The number of halogens is 1. The van der Waals surface area contributed by atoms with Gasteiger partial charge in [-0.25, -0.2) is 4.39 Å². The van der Waals surface area contributed by atoms with Crippen molar-refractivity contribution in [2.24, 2.45) is 0 Å². The molecule has 3 nitrogen and oxygen atoms in total. The molecule has 1 saturated carbocycles. The Balaban J connectivity index is 1.73. The maximum absolute atomic E-state index is 13.3. The molecule has 0 bridgehead atoms. The molecule has 1 aromatic rings. The third-order valence-electron chi connectivity index (χ3n) is 3.99. The summed E-state index contributed by atoms with van der Waals surface area (Å²) < 4.78 is 19.1. The molecule has 18 heavy (non-hydrogen) atoms. The van der Waals surface area contributed by atoms with Gasteiger partial charge in [-0.3, -0.25) is 4.90 Å². The van der Waals surface area contributed by atoms with Gasteiger partial charge >= 0.3 is 0 Å². The van der Waals surface area contributed by atoms with E-state index in [4.69, 9.17) is 4.74 Å². The Morgan fingerprint density at radius 2 is 2.28 bits per heavy atom. The fraction of sp³-hybridized carbons (Fsp3) is 0.571. The van der Waals surface area contributed by atoms with E-state index in [0.717, 1.165) is 31.7 Å². The summed E-state index contributed by atoms with van der Waals surface area (Å²) in [5.74, 6) is -0.816. The summed E-state index contributed by atoms with van der Waals surface area (Å²) in [6.45, 7) is 2.41. The predicted octanol–water partition coefficient (Wildman–Crippen LogP) is 2.28. The highest BCUT2D eigenvalue weighted by molar-refractivity contribution is 5.28. The Morgan fingerprint density at radius 1 is 1.39 bits per heavy atom. The lowest BCUT2D eigenvalue weighted by atomic mass is 10.1. The summed E-state index contributed by atoms with van der Waals surface area (Å²) in [7, 11) is 0. The van der Waals surface area contributed by atoms with Crippen molar-refractivity contribution in [3.05, 3.63) is 29.6 Å². The Bertz CT molecular complexity index is 438.